The van der Waals surface area contributed by atoms with E-state index < -0.39 is 89.7 Å². The molecule has 20 nitrogen and oxygen atoms in total. The highest BCUT2D eigenvalue weighted by Crippen LogP contribution is 2.16. The summed E-state index contributed by atoms with van der Waals surface area (Å²) in [7, 11) is 0. The molecule has 14 N–H and O–H groups in total. The van der Waals surface area contributed by atoms with E-state index in [2.05, 4.69) is 36.9 Å². The lowest BCUT2D eigenvalue weighted by molar-refractivity contribution is -0.143. The van der Waals surface area contributed by atoms with E-state index in [0.717, 1.165) is 0 Å². The normalized spacial score (nSPS) is 14.5. The van der Waals surface area contributed by atoms with Crippen LogP contribution in [-0.4, -0.2) is 117 Å². The van der Waals surface area contributed by atoms with Crippen molar-refractivity contribution in [3.05, 3.63) is 95.6 Å². The van der Waals surface area contributed by atoms with Crippen LogP contribution in [0.5, 0.6) is 11.5 Å². The summed E-state index contributed by atoms with van der Waals surface area (Å²) < 4.78 is 0. The molecular formula is C47H65N9O11. The first kappa shape index (κ1) is 54.1. The number of hydrogen-bond acceptors (Lipinski definition) is 11. The molecule has 0 heterocycles. The van der Waals surface area contributed by atoms with Gasteiger partial charge in [0.1, 0.15) is 47.8 Å². The number of carboxylic acid groups (broad SMARTS) is 1. The molecule has 0 bridgehead atoms. The molecule has 3 rings (SSSR count). The molecule has 0 saturated carbocycles. The SMILES string of the molecule is CCCC(=O)N[C@H](Cc1ccccc1)C(=O)N[C@H](C(=O)N[C@H](Cc1ccc(O)cc1)C(=O)N[C@@H](CCCN=C(N)N)C(=O)N[C@H](Cc1ccc(O)cc1)C(=O)N[C@H](C(=O)O)[C@@H](C)CC)[C@@H](C)O. The molecule has 0 saturated heterocycles. The zero-order valence-corrected chi connectivity index (χ0v) is 38.2. The van der Waals surface area contributed by atoms with Crippen LogP contribution in [0.15, 0.2) is 83.9 Å². The van der Waals surface area contributed by atoms with Gasteiger partial charge in [0.15, 0.2) is 5.96 Å². The topological polar surface area (TPSA) is 337 Å². The number of guanidine groups is 1. The van der Waals surface area contributed by atoms with E-state index in [9.17, 15) is 54.0 Å². The lowest BCUT2D eigenvalue weighted by Crippen LogP contribution is -2.61. The minimum atomic E-state index is -1.65. The number of benzene rings is 3. The van der Waals surface area contributed by atoms with Crippen molar-refractivity contribution in [3.8, 4) is 11.5 Å². The van der Waals surface area contributed by atoms with Crippen molar-refractivity contribution in [2.45, 2.75) is 121 Å². The Bertz CT molecular complexity index is 2130. The number of nitrogens with two attached hydrogens (primary N) is 2. The van der Waals surface area contributed by atoms with E-state index in [1.807, 2.05) is 0 Å². The van der Waals surface area contributed by atoms with Gasteiger partial charge in [-0.3, -0.25) is 33.8 Å². The molecule has 0 fully saturated rings. The Labute approximate surface area is 389 Å². The number of aliphatic carboxylic acids is 1. The number of carboxylic acids is 1. The number of nitrogens with one attached hydrogen (secondary N) is 6. The quantitative estimate of drug-likeness (QED) is 0.0280. The van der Waals surface area contributed by atoms with Crippen molar-refractivity contribution in [1.29, 1.82) is 0 Å². The highest BCUT2D eigenvalue weighted by molar-refractivity contribution is 5.97. The number of hydrogen-bond donors (Lipinski definition) is 12. The van der Waals surface area contributed by atoms with Crippen LogP contribution >= 0.6 is 0 Å². The van der Waals surface area contributed by atoms with Crippen molar-refractivity contribution in [3.63, 3.8) is 0 Å². The fourth-order valence-electron chi connectivity index (χ4n) is 6.88. The molecule has 0 aliphatic heterocycles. The third-order valence-electron chi connectivity index (χ3n) is 10.8. The molecule has 0 aromatic heterocycles. The maximum atomic E-state index is 14.4. The number of carbonyl (C=O) groups excluding carboxylic acids is 6. The van der Waals surface area contributed by atoms with Gasteiger partial charge >= 0.3 is 5.97 Å². The van der Waals surface area contributed by atoms with Gasteiger partial charge in [0.2, 0.25) is 35.4 Å². The summed E-state index contributed by atoms with van der Waals surface area (Å²) in [6.45, 7) is 6.49. The Morgan fingerprint density at radius 2 is 1.01 bits per heavy atom. The number of aliphatic hydroxyl groups is 1. The summed E-state index contributed by atoms with van der Waals surface area (Å²) >= 11 is 0. The van der Waals surface area contributed by atoms with Crippen molar-refractivity contribution in [1.82, 2.24) is 31.9 Å². The fraction of sp³-hybridized carbons (Fsp3) is 0.447. The molecule has 6 amide bonds. The van der Waals surface area contributed by atoms with Crippen molar-refractivity contribution >= 4 is 47.4 Å². The second-order valence-corrected chi connectivity index (χ2v) is 16.4. The van der Waals surface area contributed by atoms with Gasteiger partial charge in [-0.1, -0.05) is 81.8 Å². The molecule has 0 unspecified atom stereocenters. The molecule has 364 valence electrons. The number of aromatic hydroxyl groups is 2. The predicted molar refractivity (Wildman–Crippen MR) is 249 cm³/mol. The Balaban J connectivity index is 1.98. The summed E-state index contributed by atoms with van der Waals surface area (Å²) in [6, 6.07) is 12.0. The van der Waals surface area contributed by atoms with Gasteiger partial charge in [0.25, 0.3) is 0 Å². The van der Waals surface area contributed by atoms with E-state index >= 15 is 0 Å². The number of carbonyl (C=O) groups is 7. The maximum absolute atomic E-state index is 14.4. The van der Waals surface area contributed by atoms with Crippen LogP contribution in [0.3, 0.4) is 0 Å². The second-order valence-electron chi connectivity index (χ2n) is 16.4. The van der Waals surface area contributed by atoms with Gasteiger partial charge in [0.05, 0.1) is 6.10 Å². The van der Waals surface area contributed by atoms with E-state index in [0.29, 0.717) is 29.5 Å². The van der Waals surface area contributed by atoms with E-state index in [-0.39, 0.29) is 62.5 Å². The third-order valence-corrected chi connectivity index (χ3v) is 10.8. The van der Waals surface area contributed by atoms with Crippen LogP contribution < -0.4 is 43.4 Å². The maximum Gasteiger partial charge on any atom is 0.326 e. The minimum Gasteiger partial charge on any atom is -0.508 e. The molecule has 0 aliphatic carbocycles. The number of aliphatic hydroxyl groups excluding tert-OH is 1. The molecule has 3 aromatic rings. The van der Waals surface area contributed by atoms with Gasteiger partial charge in [-0.15, -0.1) is 0 Å². The standard InChI is InChI=1S/C47H65N9O11/c1-5-11-38(60)51-35(24-29-12-8-7-9-13-29)43(63)56-40(28(4)57)45(65)54-36(25-30-15-19-32(58)20-16-30)42(62)52-34(14-10-23-50-47(48)49)41(61)53-37(26-31-17-21-33(59)22-18-31)44(64)55-39(46(66)67)27(3)6-2/h7-9,12-13,15-22,27-28,34-37,39-40,57-59H,5-6,10-11,14,23-26H2,1-4H3,(H,51,60)(H,52,62)(H,53,61)(H,54,65)(H,55,64)(H,56,63)(H,66,67)(H4,48,49,50)/t27-,28+,34-,35+,36+,37+,39-,40-/m0/s1. The van der Waals surface area contributed by atoms with Crippen LogP contribution in [0.2, 0.25) is 0 Å². The highest BCUT2D eigenvalue weighted by atomic mass is 16.4. The van der Waals surface area contributed by atoms with Crippen LogP contribution in [0, 0.1) is 5.92 Å². The summed E-state index contributed by atoms with van der Waals surface area (Å²) in [5.74, 6) is -6.92. The number of amides is 6. The third kappa shape index (κ3) is 18.7. The molecule has 3 aromatic carbocycles. The smallest absolute Gasteiger partial charge is 0.326 e. The van der Waals surface area contributed by atoms with E-state index in [4.69, 9.17) is 11.5 Å². The van der Waals surface area contributed by atoms with Gasteiger partial charge < -0.3 is 63.8 Å². The van der Waals surface area contributed by atoms with Gasteiger partial charge in [0, 0.05) is 32.2 Å². The summed E-state index contributed by atoms with van der Waals surface area (Å²) in [5.41, 5.74) is 12.7. The molecule has 0 spiro atoms. The average molecular weight is 932 g/mol. The fourth-order valence-corrected chi connectivity index (χ4v) is 6.88. The number of phenolic OH excluding ortho intramolecular Hbond substituents is 2. The lowest BCUT2D eigenvalue weighted by atomic mass is 9.98. The van der Waals surface area contributed by atoms with Crippen LogP contribution in [-0.2, 0) is 52.8 Å². The van der Waals surface area contributed by atoms with Crippen molar-refractivity contribution < 1.29 is 54.0 Å². The first-order valence-corrected chi connectivity index (χ1v) is 22.2. The van der Waals surface area contributed by atoms with Crippen molar-refractivity contribution in [2.24, 2.45) is 22.4 Å². The number of rotatable bonds is 27. The highest BCUT2D eigenvalue weighted by Gasteiger charge is 2.35. The number of aliphatic imine (C=N–C) groups is 1. The largest absolute Gasteiger partial charge is 0.508 e. The van der Waals surface area contributed by atoms with Gasteiger partial charge in [-0.2, -0.15) is 0 Å². The van der Waals surface area contributed by atoms with Crippen LogP contribution in [0.1, 0.15) is 76.5 Å². The van der Waals surface area contributed by atoms with Crippen LogP contribution in [0.4, 0.5) is 0 Å². The van der Waals surface area contributed by atoms with Gasteiger partial charge in [-0.05, 0) is 73.1 Å². The Morgan fingerprint density at radius 3 is 1.48 bits per heavy atom. The zero-order valence-electron chi connectivity index (χ0n) is 38.2. The number of phenols is 2. The van der Waals surface area contributed by atoms with Crippen molar-refractivity contribution in [2.75, 3.05) is 6.54 Å². The monoisotopic (exact) mass is 931 g/mol. The van der Waals surface area contributed by atoms with Crippen LogP contribution in [0.25, 0.3) is 0 Å². The number of nitrogens with zero attached hydrogens (tertiary/aromatic N) is 1. The summed E-state index contributed by atoms with van der Waals surface area (Å²) in [5, 5.41) is 56.2. The molecular weight excluding hydrogens is 867 g/mol. The van der Waals surface area contributed by atoms with Gasteiger partial charge in [-0.25, -0.2) is 4.79 Å². The average Bonchev–Trinajstić information content (AvgIpc) is 3.28. The molecule has 8 atom stereocenters. The first-order chi connectivity index (χ1) is 31.8. The molecule has 20 heteroatoms. The Morgan fingerprint density at radius 1 is 0.582 bits per heavy atom. The summed E-state index contributed by atoms with van der Waals surface area (Å²) in [4.78, 5) is 99.2. The molecule has 0 radical (unpaired) electrons. The zero-order chi connectivity index (χ0) is 49.6. The van der Waals surface area contributed by atoms with E-state index in [1.54, 1.807) is 51.1 Å². The second kappa shape index (κ2) is 27.3. The summed E-state index contributed by atoms with van der Waals surface area (Å²) in [6.07, 6.45) is -0.752. The molecule has 0 aliphatic rings. The van der Waals surface area contributed by atoms with E-state index in [1.165, 1.54) is 55.5 Å². The Kier molecular flexibility index (Phi) is 22.1. The Hall–Kier alpha value is -7.22. The molecule has 67 heavy (non-hydrogen) atoms. The predicted octanol–water partition coefficient (Wildman–Crippen LogP) is 0.400. The lowest BCUT2D eigenvalue weighted by Gasteiger charge is -2.28. The first-order valence-electron chi connectivity index (χ1n) is 22.2. The minimum absolute atomic E-state index is 0.0300.